The predicted octanol–water partition coefficient (Wildman–Crippen LogP) is 4.07. The quantitative estimate of drug-likeness (QED) is 0.810. The second-order valence-electron chi connectivity index (χ2n) is 6.75. The number of amides is 1. The molecule has 1 atom stereocenters. The van der Waals surface area contributed by atoms with Gasteiger partial charge in [0, 0.05) is 36.9 Å². The molecule has 26 heavy (non-hydrogen) atoms. The molecule has 1 saturated heterocycles. The zero-order valence-corrected chi connectivity index (χ0v) is 16.3. The molecule has 0 spiro atoms. The number of carbonyl (C=O) groups excluding carboxylic acids is 1. The molecule has 1 aliphatic heterocycles. The smallest absolute Gasteiger partial charge is 0.263 e. The summed E-state index contributed by atoms with van der Waals surface area (Å²) >= 11 is 5.88. The summed E-state index contributed by atoms with van der Waals surface area (Å²) in [6, 6.07) is 13.5. The fourth-order valence-corrected chi connectivity index (χ4v) is 3.40. The van der Waals surface area contributed by atoms with Crippen molar-refractivity contribution in [3.63, 3.8) is 0 Å². The average Bonchev–Trinajstić information content (AvgIpc) is 2.65. The second kappa shape index (κ2) is 8.00. The highest BCUT2D eigenvalue weighted by Crippen LogP contribution is 2.24. The van der Waals surface area contributed by atoms with Crippen molar-refractivity contribution in [2.24, 2.45) is 0 Å². The lowest BCUT2D eigenvalue weighted by atomic mass is 10.1. The van der Waals surface area contributed by atoms with E-state index in [4.69, 9.17) is 16.3 Å². The van der Waals surface area contributed by atoms with E-state index >= 15 is 0 Å². The summed E-state index contributed by atoms with van der Waals surface area (Å²) in [6.07, 6.45) is -0.511. The minimum atomic E-state index is -0.511. The van der Waals surface area contributed by atoms with Crippen molar-refractivity contribution in [3.8, 4) is 5.75 Å². The number of ether oxygens (including phenoxy) is 1. The molecule has 1 aliphatic rings. The van der Waals surface area contributed by atoms with Gasteiger partial charge in [-0.1, -0.05) is 23.7 Å². The molecule has 0 bridgehead atoms. The number of hydrogen-bond donors (Lipinski definition) is 0. The average molecular weight is 373 g/mol. The third-order valence-corrected chi connectivity index (χ3v) is 5.23. The first kappa shape index (κ1) is 18.6. The van der Waals surface area contributed by atoms with Crippen LogP contribution in [0.1, 0.15) is 18.1 Å². The van der Waals surface area contributed by atoms with E-state index in [9.17, 15) is 4.79 Å². The Hall–Kier alpha value is -2.20. The third kappa shape index (κ3) is 4.13. The van der Waals surface area contributed by atoms with Crippen LogP contribution in [-0.4, -0.2) is 43.1 Å². The maximum absolute atomic E-state index is 12.7. The van der Waals surface area contributed by atoms with E-state index < -0.39 is 6.10 Å². The highest BCUT2D eigenvalue weighted by atomic mass is 35.5. The van der Waals surface area contributed by atoms with Crippen molar-refractivity contribution in [2.45, 2.75) is 26.9 Å². The van der Waals surface area contributed by atoms with Gasteiger partial charge in [0.2, 0.25) is 0 Å². The molecule has 138 valence electrons. The first-order valence-electron chi connectivity index (χ1n) is 8.98. The Morgan fingerprint density at radius 2 is 1.69 bits per heavy atom. The standard InChI is InChI=1S/C21H25ClN2O2/c1-15-5-4-6-20(16(15)2)23-11-13-24(14-12-23)21(25)17(3)26-19-9-7-18(22)8-10-19/h4-10,17H,11-14H2,1-3H3. The van der Waals surface area contributed by atoms with Gasteiger partial charge >= 0.3 is 0 Å². The van der Waals surface area contributed by atoms with E-state index in [-0.39, 0.29) is 5.91 Å². The SMILES string of the molecule is Cc1cccc(N2CCN(C(=O)C(C)Oc3ccc(Cl)cc3)CC2)c1C. The second-order valence-corrected chi connectivity index (χ2v) is 7.18. The summed E-state index contributed by atoms with van der Waals surface area (Å²) in [7, 11) is 0. The molecule has 5 heteroatoms. The van der Waals surface area contributed by atoms with Crippen molar-refractivity contribution in [2.75, 3.05) is 31.1 Å². The van der Waals surface area contributed by atoms with E-state index in [0.29, 0.717) is 23.9 Å². The summed E-state index contributed by atoms with van der Waals surface area (Å²) in [6.45, 7) is 9.18. The zero-order valence-electron chi connectivity index (χ0n) is 15.5. The Morgan fingerprint density at radius 3 is 2.35 bits per heavy atom. The molecule has 0 aromatic heterocycles. The number of hydrogen-bond acceptors (Lipinski definition) is 3. The Labute approximate surface area is 160 Å². The highest BCUT2D eigenvalue weighted by molar-refractivity contribution is 6.30. The lowest BCUT2D eigenvalue weighted by Gasteiger charge is -2.37. The Kier molecular flexibility index (Phi) is 5.72. The van der Waals surface area contributed by atoms with Crippen LogP contribution in [0.2, 0.25) is 5.02 Å². The van der Waals surface area contributed by atoms with E-state index in [1.807, 2.05) is 4.90 Å². The van der Waals surface area contributed by atoms with Crippen LogP contribution in [-0.2, 0) is 4.79 Å². The van der Waals surface area contributed by atoms with E-state index in [1.54, 1.807) is 31.2 Å². The zero-order chi connectivity index (χ0) is 18.7. The van der Waals surface area contributed by atoms with Crippen molar-refractivity contribution in [3.05, 3.63) is 58.6 Å². The molecule has 2 aromatic carbocycles. The number of halogens is 1. The van der Waals surface area contributed by atoms with Crippen LogP contribution in [0.5, 0.6) is 5.75 Å². The molecule has 0 aliphatic carbocycles. The summed E-state index contributed by atoms with van der Waals surface area (Å²) in [5, 5.41) is 0.652. The Bertz CT molecular complexity index is 768. The number of carbonyl (C=O) groups is 1. The minimum absolute atomic E-state index is 0.0283. The van der Waals surface area contributed by atoms with Crippen LogP contribution in [0.3, 0.4) is 0 Å². The molecule has 1 amide bonds. The predicted molar refractivity (Wildman–Crippen MR) is 106 cm³/mol. The molecule has 1 fully saturated rings. The van der Waals surface area contributed by atoms with Gasteiger partial charge in [-0.2, -0.15) is 0 Å². The topological polar surface area (TPSA) is 32.8 Å². The van der Waals surface area contributed by atoms with Crippen molar-refractivity contribution >= 4 is 23.2 Å². The Morgan fingerprint density at radius 1 is 1.04 bits per heavy atom. The molecular weight excluding hydrogens is 348 g/mol. The molecule has 0 radical (unpaired) electrons. The van der Waals surface area contributed by atoms with Crippen LogP contribution in [0.25, 0.3) is 0 Å². The maximum Gasteiger partial charge on any atom is 0.263 e. The molecule has 2 aromatic rings. The van der Waals surface area contributed by atoms with Crippen LogP contribution < -0.4 is 9.64 Å². The number of piperazine rings is 1. The number of aryl methyl sites for hydroxylation is 1. The van der Waals surface area contributed by atoms with Gasteiger partial charge in [-0.05, 0) is 62.2 Å². The van der Waals surface area contributed by atoms with E-state index in [1.165, 1.54) is 16.8 Å². The van der Waals surface area contributed by atoms with Gasteiger partial charge in [0.05, 0.1) is 0 Å². The molecule has 4 nitrogen and oxygen atoms in total. The van der Waals surface area contributed by atoms with Crippen LogP contribution in [0, 0.1) is 13.8 Å². The van der Waals surface area contributed by atoms with Gasteiger partial charge in [-0.3, -0.25) is 4.79 Å². The third-order valence-electron chi connectivity index (χ3n) is 4.98. The number of rotatable bonds is 4. The summed E-state index contributed by atoms with van der Waals surface area (Å²) in [4.78, 5) is 16.9. The monoisotopic (exact) mass is 372 g/mol. The number of anilines is 1. The summed E-state index contributed by atoms with van der Waals surface area (Å²) in [5.74, 6) is 0.685. The van der Waals surface area contributed by atoms with Crippen molar-refractivity contribution < 1.29 is 9.53 Å². The first-order valence-corrected chi connectivity index (χ1v) is 9.35. The Balaban J connectivity index is 1.57. The van der Waals surface area contributed by atoms with Crippen molar-refractivity contribution in [1.82, 2.24) is 4.90 Å². The van der Waals surface area contributed by atoms with E-state index in [2.05, 4.69) is 36.9 Å². The lowest BCUT2D eigenvalue weighted by molar-refractivity contribution is -0.138. The van der Waals surface area contributed by atoms with Crippen LogP contribution >= 0.6 is 11.6 Å². The molecule has 1 heterocycles. The van der Waals surface area contributed by atoms with Gasteiger partial charge < -0.3 is 14.5 Å². The lowest BCUT2D eigenvalue weighted by Crippen LogP contribution is -2.52. The minimum Gasteiger partial charge on any atom is -0.481 e. The normalized spacial score (nSPS) is 15.7. The maximum atomic E-state index is 12.7. The van der Waals surface area contributed by atoms with Gasteiger partial charge in [0.1, 0.15) is 5.75 Å². The first-order chi connectivity index (χ1) is 12.5. The van der Waals surface area contributed by atoms with Crippen LogP contribution in [0.15, 0.2) is 42.5 Å². The summed E-state index contributed by atoms with van der Waals surface area (Å²) in [5.41, 5.74) is 3.88. The van der Waals surface area contributed by atoms with Gasteiger partial charge in [-0.25, -0.2) is 0 Å². The van der Waals surface area contributed by atoms with E-state index in [0.717, 1.165) is 13.1 Å². The number of nitrogens with zero attached hydrogens (tertiary/aromatic N) is 2. The molecule has 0 saturated carbocycles. The molecular formula is C21H25ClN2O2. The fourth-order valence-electron chi connectivity index (χ4n) is 3.27. The van der Waals surface area contributed by atoms with Gasteiger partial charge in [-0.15, -0.1) is 0 Å². The summed E-state index contributed by atoms with van der Waals surface area (Å²) < 4.78 is 5.77. The molecule has 3 rings (SSSR count). The fraction of sp³-hybridized carbons (Fsp3) is 0.381. The largest absolute Gasteiger partial charge is 0.481 e. The number of benzene rings is 2. The highest BCUT2D eigenvalue weighted by Gasteiger charge is 2.26. The van der Waals surface area contributed by atoms with Gasteiger partial charge in [0.15, 0.2) is 6.10 Å². The van der Waals surface area contributed by atoms with Crippen molar-refractivity contribution in [1.29, 1.82) is 0 Å². The molecule has 0 N–H and O–H groups in total. The molecule has 1 unspecified atom stereocenters. The van der Waals surface area contributed by atoms with Gasteiger partial charge in [0.25, 0.3) is 5.91 Å². The van der Waals surface area contributed by atoms with Crippen LogP contribution in [0.4, 0.5) is 5.69 Å².